The second kappa shape index (κ2) is 3.87. The second-order valence-electron chi connectivity index (χ2n) is 4.02. The zero-order valence-corrected chi connectivity index (χ0v) is 8.37. The fourth-order valence-corrected chi connectivity index (χ4v) is 1.85. The molecule has 0 amide bonds. The number of nitrogens with two attached hydrogens (primary N) is 1. The SMILES string of the molecule is N[C@@H]1CN(Cc2ccccc2)CC1(F)F. The van der Waals surface area contributed by atoms with E-state index in [0.717, 1.165) is 5.56 Å². The summed E-state index contributed by atoms with van der Waals surface area (Å²) in [5.74, 6) is -2.74. The van der Waals surface area contributed by atoms with E-state index >= 15 is 0 Å². The summed E-state index contributed by atoms with van der Waals surface area (Å²) in [6, 6.07) is 8.56. The number of benzene rings is 1. The topological polar surface area (TPSA) is 29.3 Å². The van der Waals surface area contributed by atoms with Gasteiger partial charge in [0.15, 0.2) is 0 Å². The van der Waals surface area contributed by atoms with E-state index in [1.807, 2.05) is 30.3 Å². The Bertz CT molecular complexity index is 327. The van der Waals surface area contributed by atoms with Crippen molar-refractivity contribution in [3.8, 4) is 0 Å². The van der Waals surface area contributed by atoms with Crippen LogP contribution in [0.4, 0.5) is 8.78 Å². The Morgan fingerprint density at radius 2 is 2.00 bits per heavy atom. The van der Waals surface area contributed by atoms with Gasteiger partial charge in [0.25, 0.3) is 5.92 Å². The quantitative estimate of drug-likeness (QED) is 0.804. The summed E-state index contributed by atoms with van der Waals surface area (Å²) < 4.78 is 26.2. The highest BCUT2D eigenvalue weighted by molar-refractivity contribution is 5.15. The van der Waals surface area contributed by atoms with Gasteiger partial charge in [0.1, 0.15) is 0 Å². The van der Waals surface area contributed by atoms with Gasteiger partial charge >= 0.3 is 0 Å². The number of nitrogens with zero attached hydrogens (tertiary/aromatic N) is 1. The van der Waals surface area contributed by atoms with Crippen molar-refractivity contribution in [3.05, 3.63) is 35.9 Å². The molecular formula is C11H14F2N2. The smallest absolute Gasteiger partial charge is 0.276 e. The van der Waals surface area contributed by atoms with Gasteiger partial charge in [-0.05, 0) is 5.56 Å². The van der Waals surface area contributed by atoms with E-state index in [9.17, 15) is 8.78 Å². The van der Waals surface area contributed by atoms with Crippen LogP contribution in [0.15, 0.2) is 30.3 Å². The molecule has 1 saturated heterocycles. The molecule has 1 aliphatic heterocycles. The molecular weight excluding hydrogens is 198 g/mol. The van der Waals surface area contributed by atoms with Crippen LogP contribution in [0.25, 0.3) is 0 Å². The molecule has 1 aromatic carbocycles. The first-order valence-electron chi connectivity index (χ1n) is 4.97. The minimum atomic E-state index is -2.74. The zero-order chi connectivity index (χ0) is 10.9. The maximum absolute atomic E-state index is 13.1. The summed E-state index contributed by atoms with van der Waals surface area (Å²) in [6.07, 6.45) is 0. The molecule has 4 heteroatoms. The molecule has 2 N–H and O–H groups in total. The largest absolute Gasteiger partial charge is 0.322 e. The Hall–Kier alpha value is -1.00. The van der Waals surface area contributed by atoms with Crippen molar-refractivity contribution in [2.45, 2.75) is 18.5 Å². The second-order valence-corrected chi connectivity index (χ2v) is 4.02. The lowest BCUT2D eigenvalue weighted by Crippen LogP contribution is -2.38. The molecule has 0 unspecified atom stereocenters. The van der Waals surface area contributed by atoms with Crippen molar-refractivity contribution in [1.29, 1.82) is 0 Å². The molecule has 2 rings (SSSR count). The van der Waals surface area contributed by atoms with Crippen LogP contribution in [0.2, 0.25) is 0 Å². The number of hydrogen-bond donors (Lipinski definition) is 1. The Balaban J connectivity index is 1.99. The van der Waals surface area contributed by atoms with Crippen LogP contribution in [0.3, 0.4) is 0 Å². The average molecular weight is 212 g/mol. The van der Waals surface area contributed by atoms with Crippen LogP contribution in [0.1, 0.15) is 5.56 Å². The van der Waals surface area contributed by atoms with Crippen LogP contribution in [0, 0.1) is 0 Å². The molecule has 1 aliphatic rings. The predicted octanol–water partition coefficient (Wildman–Crippen LogP) is 1.46. The van der Waals surface area contributed by atoms with Gasteiger partial charge in [-0.3, -0.25) is 4.90 Å². The van der Waals surface area contributed by atoms with Crippen LogP contribution < -0.4 is 5.73 Å². The highest BCUT2D eigenvalue weighted by atomic mass is 19.3. The first-order chi connectivity index (χ1) is 7.08. The predicted molar refractivity (Wildman–Crippen MR) is 54.6 cm³/mol. The Kier molecular flexibility index (Phi) is 2.71. The first kappa shape index (κ1) is 10.5. The van der Waals surface area contributed by atoms with E-state index in [1.54, 1.807) is 4.90 Å². The monoisotopic (exact) mass is 212 g/mol. The summed E-state index contributed by atoms with van der Waals surface area (Å²) >= 11 is 0. The third-order valence-electron chi connectivity index (χ3n) is 2.68. The summed E-state index contributed by atoms with van der Waals surface area (Å²) in [7, 11) is 0. The normalized spacial score (nSPS) is 25.7. The zero-order valence-electron chi connectivity index (χ0n) is 8.37. The molecule has 0 radical (unpaired) electrons. The van der Waals surface area contributed by atoms with Crippen LogP contribution in [0.5, 0.6) is 0 Å². The van der Waals surface area contributed by atoms with Gasteiger partial charge in [0.05, 0.1) is 12.6 Å². The molecule has 15 heavy (non-hydrogen) atoms. The molecule has 1 fully saturated rings. The maximum Gasteiger partial charge on any atom is 0.276 e. The lowest BCUT2D eigenvalue weighted by Gasteiger charge is -2.14. The minimum Gasteiger partial charge on any atom is -0.322 e. The van der Waals surface area contributed by atoms with E-state index < -0.39 is 12.0 Å². The van der Waals surface area contributed by atoms with Gasteiger partial charge in [-0.25, -0.2) is 8.78 Å². The average Bonchev–Trinajstić information content (AvgIpc) is 2.42. The molecule has 0 bridgehead atoms. The van der Waals surface area contributed by atoms with Gasteiger partial charge in [-0.15, -0.1) is 0 Å². The summed E-state index contributed by atoms with van der Waals surface area (Å²) in [6.45, 7) is 0.578. The Morgan fingerprint density at radius 3 is 2.53 bits per heavy atom. The van der Waals surface area contributed by atoms with Gasteiger partial charge < -0.3 is 5.73 Å². The van der Waals surface area contributed by atoms with E-state index in [2.05, 4.69) is 0 Å². The van der Waals surface area contributed by atoms with Crippen molar-refractivity contribution >= 4 is 0 Å². The third-order valence-corrected chi connectivity index (χ3v) is 2.68. The molecule has 0 spiro atoms. The van der Waals surface area contributed by atoms with Crippen LogP contribution >= 0.6 is 0 Å². The fourth-order valence-electron chi connectivity index (χ4n) is 1.85. The van der Waals surface area contributed by atoms with E-state index in [4.69, 9.17) is 5.73 Å². The van der Waals surface area contributed by atoms with Crippen molar-refractivity contribution in [3.63, 3.8) is 0 Å². The van der Waals surface area contributed by atoms with Gasteiger partial charge in [0, 0.05) is 13.1 Å². The van der Waals surface area contributed by atoms with Gasteiger partial charge in [0.2, 0.25) is 0 Å². The van der Waals surface area contributed by atoms with Crippen LogP contribution in [-0.2, 0) is 6.54 Å². The summed E-state index contributed by atoms with van der Waals surface area (Å²) in [4.78, 5) is 1.69. The van der Waals surface area contributed by atoms with Crippen molar-refractivity contribution in [1.82, 2.24) is 4.90 Å². The molecule has 1 aromatic rings. The maximum atomic E-state index is 13.1. The summed E-state index contributed by atoms with van der Waals surface area (Å²) in [5, 5.41) is 0. The molecule has 0 aromatic heterocycles. The lowest BCUT2D eigenvalue weighted by molar-refractivity contribution is -0.00140. The lowest BCUT2D eigenvalue weighted by atomic mass is 10.2. The van der Waals surface area contributed by atoms with Crippen molar-refractivity contribution < 1.29 is 8.78 Å². The third kappa shape index (κ3) is 2.33. The number of alkyl halides is 2. The Morgan fingerprint density at radius 1 is 1.33 bits per heavy atom. The summed E-state index contributed by atoms with van der Waals surface area (Å²) in [5.41, 5.74) is 6.41. The van der Waals surface area contributed by atoms with E-state index in [0.29, 0.717) is 6.54 Å². The van der Waals surface area contributed by atoms with E-state index in [1.165, 1.54) is 0 Å². The molecule has 1 atom stereocenters. The number of hydrogen-bond acceptors (Lipinski definition) is 2. The molecule has 1 heterocycles. The number of likely N-dealkylation sites (tertiary alicyclic amines) is 1. The molecule has 0 saturated carbocycles. The first-order valence-corrected chi connectivity index (χ1v) is 4.97. The standard InChI is InChI=1S/C11H14F2N2/c12-11(13)8-15(7-10(11)14)6-9-4-2-1-3-5-9/h1-5,10H,6-8,14H2/t10-/m1/s1. The van der Waals surface area contributed by atoms with E-state index in [-0.39, 0.29) is 13.1 Å². The highest BCUT2D eigenvalue weighted by Gasteiger charge is 2.45. The minimum absolute atomic E-state index is 0.233. The fraction of sp³-hybridized carbons (Fsp3) is 0.455. The number of rotatable bonds is 2. The highest BCUT2D eigenvalue weighted by Crippen LogP contribution is 2.27. The van der Waals surface area contributed by atoms with Crippen molar-refractivity contribution in [2.75, 3.05) is 13.1 Å². The molecule has 2 nitrogen and oxygen atoms in total. The Labute approximate surface area is 87.7 Å². The number of halogens is 2. The molecule has 82 valence electrons. The van der Waals surface area contributed by atoms with Gasteiger partial charge in [-0.1, -0.05) is 30.3 Å². The van der Waals surface area contributed by atoms with Gasteiger partial charge in [-0.2, -0.15) is 0 Å². The molecule has 0 aliphatic carbocycles. The van der Waals surface area contributed by atoms with Crippen LogP contribution in [-0.4, -0.2) is 30.0 Å². The van der Waals surface area contributed by atoms with Crippen molar-refractivity contribution in [2.24, 2.45) is 5.73 Å².